The molecule has 1 amide bonds. The van der Waals surface area contributed by atoms with Crippen LogP contribution in [0.5, 0.6) is 5.75 Å². The van der Waals surface area contributed by atoms with Crippen LogP contribution < -0.4 is 4.74 Å². The summed E-state index contributed by atoms with van der Waals surface area (Å²) in [6.07, 6.45) is 2.75. The normalized spacial score (nSPS) is 23.3. The minimum atomic E-state index is -0.548. The molecular weight excluding hydrogens is 349 g/mol. The van der Waals surface area contributed by atoms with Gasteiger partial charge in [0, 0.05) is 36.3 Å². The van der Waals surface area contributed by atoms with E-state index in [1.54, 1.807) is 25.1 Å². The van der Waals surface area contributed by atoms with Gasteiger partial charge in [0.15, 0.2) is 6.10 Å². The van der Waals surface area contributed by atoms with Gasteiger partial charge in [-0.3, -0.25) is 4.79 Å². The summed E-state index contributed by atoms with van der Waals surface area (Å²) in [5.41, 5.74) is 0. The molecule has 0 aliphatic carbocycles. The lowest BCUT2D eigenvalue weighted by molar-refractivity contribution is -0.137. The summed E-state index contributed by atoms with van der Waals surface area (Å²) in [7, 11) is 0. The maximum atomic E-state index is 12.7. The van der Waals surface area contributed by atoms with Crippen molar-refractivity contribution in [3.63, 3.8) is 0 Å². The summed E-state index contributed by atoms with van der Waals surface area (Å²) >= 11 is 12.0. The smallest absolute Gasteiger partial charge is 0.263 e. The van der Waals surface area contributed by atoms with Crippen LogP contribution in [0.25, 0.3) is 0 Å². The molecule has 1 aromatic rings. The van der Waals surface area contributed by atoms with Crippen LogP contribution in [0.4, 0.5) is 0 Å². The molecule has 0 N–H and O–H groups in total. The van der Waals surface area contributed by atoms with Gasteiger partial charge in [-0.2, -0.15) is 0 Å². The Morgan fingerprint density at radius 3 is 2.50 bits per heavy atom. The molecule has 2 aliphatic rings. The lowest BCUT2D eigenvalue weighted by atomic mass is 9.85. The van der Waals surface area contributed by atoms with Crippen LogP contribution in [-0.4, -0.2) is 43.2 Å². The zero-order chi connectivity index (χ0) is 17.1. The highest BCUT2D eigenvalue weighted by Gasteiger charge is 2.34. The predicted molar refractivity (Wildman–Crippen MR) is 94.8 cm³/mol. The lowest BCUT2D eigenvalue weighted by Gasteiger charge is -2.28. The monoisotopic (exact) mass is 371 g/mol. The number of rotatable bonds is 4. The third kappa shape index (κ3) is 4.35. The van der Waals surface area contributed by atoms with Crippen molar-refractivity contribution in [2.24, 2.45) is 11.8 Å². The standard InChI is InChI=1S/C18H23Cl2NO3/c1-12(24-17-9-15(19)8-16(20)10-17)18(22)21-5-2-14(11-21)13-3-6-23-7-4-13/h8-10,12-14H,2-7,11H2,1H3/t12-,14-/m1/s1. The van der Waals surface area contributed by atoms with E-state index in [4.69, 9.17) is 32.7 Å². The van der Waals surface area contributed by atoms with Gasteiger partial charge < -0.3 is 14.4 Å². The highest BCUT2D eigenvalue weighted by Crippen LogP contribution is 2.32. The number of likely N-dealkylation sites (tertiary alicyclic amines) is 1. The van der Waals surface area contributed by atoms with E-state index in [-0.39, 0.29) is 5.91 Å². The van der Waals surface area contributed by atoms with Gasteiger partial charge in [0.05, 0.1) is 0 Å². The van der Waals surface area contributed by atoms with E-state index in [2.05, 4.69) is 0 Å². The summed E-state index contributed by atoms with van der Waals surface area (Å²) in [6, 6.07) is 4.99. The van der Waals surface area contributed by atoms with E-state index in [0.717, 1.165) is 45.6 Å². The van der Waals surface area contributed by atoms with Crippen LogP contribution in [0, 0.1) is 11.8 Å². The molecule has 1 aromatic carbocycles. The largest absolute Gasteiger partial charge is 0.481 e. The fourth-order valence-electron chi connectivity index (χ4n) is 3.67. The SMILES string of the molecule is C[C@@H](Oc1cc(Cl)cc(Cl)c1)C(=O)N1CC[C@@H](C2CCOCC2)C1. The molecule has 0 bridgehead atoms. The first-order valence-corrected chi connectivity index (χ1v) is 9.28. The van der Waals surface area contributed by atoms with Crippen LogP contribution in [0.1, 0.15) is 26.2 Å². The van der Waals surface area contributed by atoms with E-state index in [0.29, 0.717) is 27.6 Å². The van der Waals surface area contributed by atoms with Crippen molar-refractivity contribution in [2.45, 2.75) is 32.3 Å². The molecule has 2 aliphatic heterocycles. The van der Waals surface area contributed by atoms with Gasteiger partial charge in [-0.05, 0) is 56.2 Å². The number of carbonyl (C=O) groups is 1. The van der Waals surface area contributed by atoms with E-state index >= 15 is 0 Å². The number of benzene rings is 1. The van der Waals surface area contributed by atoms with Gasteiger partial charge in [0.25, 0.3) is 5.91 Å². The molecule has 4 nitrogen and oxygen atoms in total. The zero-order valence-electron chi connectivity index (χ0n) is 13.8. The average Bonchev–Trinajstić information content (AvgIpc) is 3.04. The highest BCUT2D eigenvalue weighted by atomic mass is 35.5. The second-order valence-corrected chi connectivity index (χ2v) is 7.52. The molecule has 2 saturated heterocycles. The van der Waals surface area contributed by atoms with E-state index in [9.17, 15) is 4.79 Å². The van der Waals surface area contributed by atoms with E-state index in [1.165, 1.54) is 0 Å². The molecular formula is C18H23Cl2NO3. The second-order valence-electron chi connectivity index (χ2n) is 6.65. The van der Waals surface area contributed by atoms with Gasteiger partial charge in [-0.25, -0.2) is 0 Å². The second kappa shape index (κ2) is 7.94. The van der Waals surface area contributed by atoms with Gasteiger partial charge in [-0.1, -0.05) is 23.2 Å². The summed E-state index contributed by atoms with van der Waals surface area (Å²) in [5, 5.41) is 0.996. The molecule has 0 aromatic heterocycles. The number of ether oxygens (including phenoxy) is 2. The average molecular weight is 372 g/mol. The van der Waals surface area contributed by atoms with Crippen molar-refractivity contribution in [2.75, 3.05) is 26.3 Å². The quantitative estimate of drug-likeness (QED) is 0.801. The van der Waals surface area contributed by atoms with Crippen molar-refractivity contribution >= 4 is 29.1 Å². The van der Waals surface area contributed by atoms with Gasteiger partial charge in [-0.15, -0.1) is 0 Å². The first-order chi connectivity index (χ1) is 11.5. The maximum absolute atomic E-state index is 12.7. The summed E-state index contributed by atoms with van der Waals surface area (Å²) < 4.78 is 11.2. The molecule has 3 rings (SSSR count). The van der Waals surface area contributed by atoms with Crippen LogP contribution in [-0.2, 0) is 9.53 Å². The van der Waals surface area contributed by atoms with Gasteiger partial charge >= 0.3 is 0 Å². The van der Waals surface area contributed by atoms with Crippen molar-refractivity contribution in [1.82, 2.24) is 4.90 Å². The van der Waals surface area contributed by atoms with Gasteiger partial charge in [0.1, 0.15) is 5.75 Å². The van der Waals surface area contributed by atoms with Crippen molar-refractivity contribution in [3.05, 3.63) is 28.2 Å². The van der Waals surface area contributed by atoms with Crippen molar-refractivity contribution in [3.8, 4) is 5.75 Å². The fourth-order valence-corrected chi connectivity index (χ4v) is 4.17. The summed E-state index contributed by atoms with van der Waals surface area (Å²) in [5.74, 6) is 1.82. The Balaban J connectivity index is 1.55. The highest BCUT2D eigenvalue weighted by molar-refractivity contribution is 6.34. The Kier molecular flexibility index (Phi) is 5.90. The molecule has 24 heavy (non-hydrogen) atoms. The first kappa shape index (κ1) is 17.8. The Hall–Kier alpha value is -0.970. The number of halogens is 2. The topological polar surface area (TPSA) is 38.8 Å². The Labute approximate surface area is 153 Å². The number of hydrogen-bond acceptors (Lipinski definition) is 3. The molecule has 0 saturated carbocycles. The molecule has 6 heteroatoms. The molecule has 2 fully saturated rings. The molecule has 2 heterocycles. The summed E-state index contributed by atoms with van der Waals surface area (Å²) in [6.45, 7) is 5.12. The Morgan fingerprint density at radius 1 is 1.17 bits per heavy atom. The molecule has 0 spiro atoms. The summed E-state index contributed by atoms with van der Waals surface area (Å²) in [4.78, 5) is 14.6. The van der Waals surface area contributed by atoms with E-state index < -0.39 is 6.10 Å². The minimum Gasteiger partial charge on any atom is -0.481 e. The molecule has 2 atom stereocenters. The Morgan fingerprint density at radius 2 is 1.83 bits per heavy atom. The fraction of sp³-hybridized carbons (Fsp3) is 0.611. The van der Waals surface area contributed by atoms with Crippen LogP contribution >= 0.6 is 23.2 Å². The van der Waals surface area contributed by atoms with Crippen LogP contribution in [0.15, 0.2) is 18.2 Å². The van der Waals surface area contributed by atoms with Crippen molar-refractivity contribution < 1.29 is 14.3 Å². The number of amides is 1. The number of carbonyl (C=O) groups excluding carboxylic acids is 1. The third-order valence-electron chi connectivity index (χ3n) is 4.97. The minimum absolute atomic E-state index is 0.0284. The molecule has 132 valence electrons. The number of hydrogen-bond donors (Lipinski definition) is 0. The maximum Gasteiger partial charge on any atom is 0.263 e. The van der Waals surface area contributed by atoms with Gasteiger partial charge in [0.2, 0.25) is 0 Å². The molecule has 0 unspecified atom stereocenters. The van der Waals surface area contributed by atoms with Crippen molar-refractivity contribution in [1.29, 1.82) is 0 Å². The zero-order valence-corrected chi connectivity index (χ0v) is 15.4. The molecule has 0 radical (unpaired) electrons. The third-order valence-corrected chi connectivity index (χ3v) is 5.40. The van der Waals surface area contributed by atoms with Crippen LogP contribution in [0.3, 0.4) is 0 Å². The Bertz CT molecular complexity index is 569. The number of nitrogens with zero attached hydrogens (tertiary/aromatic N) is 1. The predicted octanol–water partition coefficient (Wildman–Crippen LogP) is 4.04. The first-order valence-electron chi connectivity index (χ1n) is 8.52. The lowest BCUT2D eigenvalue weighted by Crippen LogP contribution is -2.39. The van der Waals surface area contributed by atoms with E-state index in [1.807, 2.05) is 4.90 Å². The van der Waals surface area contributed by atoms with Crippen LogP contribution in [0.2, 0.25) is 10.0 Å².